The number of hydrogen-bond donors (Lipinski definition) is 1. The number of nitrogens with zero attached hydrogens (tertiary/aromatic N) is 1. The number of nitriles is 1. The molecular formula is C19H18N2O3S. The summed E-state index contributed by atoms with van der Waals surface area (Å²) in [6.45, 7) is 0.0475. The van der Waals surface area contributed by atoms with Crippen LogP contribution in [-0.4, -0.2) is 18.5 Å². The summed E-state index contributed by atoms with van der Waals surface area (Å²) in [7, 11) is 0. The van der Waals surface area contributed by atoms with E-state index >= 15 is 0 Å². The van der Waals surface area contributed by atoms with Gasteiger partial charge >= 0.3 is 5.97 Å². The van der Waals surface area contributed by atoms with E-state index in [2.05, 4.69) is 11.4 Å². The van der Waals surface area contributed by atoms with Gasteiger partial charge in [-0.3, -0.25) is 4.79 Å². The largest absolute Gasteiger partial charge is 0.461 e. The van der Waals surface area contributed by atoms with Gasteiger partial charge in [0, 0.05) is 22.9 Å². The average molecular weight is 354 g/mol. The zero-order valence-electron chi connectivity index (χ0n) is 13.6. The van der Waals surface area contributed by atoms with Gasteiger partial charge in [-0.1, -0.05) is 12.1 Å². The predicted molar refractivity (Wildman–Crippen MR) is 95.2 cm³/mol. The van der Waals surface area contributed by atoms with Gasteiger partial charge in [-0.25, -0.2) is 4.79 Å². The van der Waals surface area contributed by atoms with Crippen LogP contribution in [0.5, 0.6) is 0 Å². The zero-order valence-corrected chi connectivity index (χ0v) is 14.4. The molecule has 1 atom stereocenters. The van der Waals surface area contributed by atoms with Gasteiger partial charge in [0.15, 0.2) is 0 Å². The number of carbonyl (C=O) groups excluding carboxylic acids is 2. The van der Waals surface area contributed by atoms with E-state index in [1.807, 2.05) is 17.5 Å². The first-order chi connectivity index (χ1) is 12.2. The maximum atomic E-state index is 12.2. The Morgan fingerprint density at radius 2 is 2.16 bits per heavy atom. The molecule has 1 fully saturated rings. The Morgan fingerprint density at radius 3 is 2.84 bits per heavy atom. The van der Waals surface area contributed by atoms with Crippen molar-refractivity contribution < 1.29 is 14.3 Å². The fraction of sp³-hybridized carbons (Fsp3) is 0.316. The van der Waals surface area contributed by atoms with Crippen molar-refractivity contribution in [1.82, 2.24) is 0 Å². The molecule has 0 aliphatic heterocycles. The van der Waals surface area contributed by atoms with Crippen molar-refractivity contribution in [3.8, 4) is 6.07 Å². The summed E-state index contributed by atoms with van der Waals surface area (Å²) < 4.78 is 5.28. The minimum Gasteiger partial charge on any atom is -0.461 e. The van der Waals surface area contributed by atoms with Gasteiger partial charge < -0.3 is 10.1 Å². The van der Waals surface area contributed by atoms with E-state index in [0.29, 0.717) is 17.7 Å². The molecule has 2 aromatic rings. The molecule has 1 heterocycles. The topological polar surface area (TPSA) is 79.2 Å². The molecule has 1 N–H and O–H groups in total. The maximum Gasteiger partial charge on any atom is 0.338 e. The van der Waals surface area contributed by atoms with Gasteiger partial charge in [0.1, 0.15) is 6.61 Å². The summed E-state index contributed by atoms with van der Waals surface area (Å²) in [4.78, 5) is 25.1. The zero-order chi connectivity index (χ0) is 17.6. The van der Waals surface area contributed by atoms with Crippen LogP contribution >= 0.6 is 11.3 Å². The highest BCUT2D eigenvalue weighted by Gasteiger charge is 2.29. The Kier molecular flexibility index (Phi) is 5.46. The van der Waals surface area contributed by atoms with Gasteiger partial charge in [0.25, 0.3) is 0 Å². The molecular weight excluding hydrogens is 336 g/mol. The second-order valence-corrected chi connectivity index (χ2v) is 7.08. The van der Waals surface area contributed by atoms with Crippen LogP contribution in [0.3, 0.4) is 0 Å². The normalized spacial score (nSPS) is 14.4. The number of amides is 1. The lowest BCUT2D eigenvalue weighted by Gasteiger charge is -2.10. The molecule has 1 aliphatic carbocycles. The van der Waals surface area contributed by atoms with Crippen LogP contribution in [0.15, 0.2) is 41.8 Å². The van der Waals surface area contributed by atoms with Gasteiger partial charge in [0.05, 0.1) is 17.6 Å². The van der Waals surface area contributed by atoms with Crippen molar-refractivity contribution in [2.75, 3.05) is 11.9 Å². The molecule has 1 amide bonds. The van der Waals surface area contributed by atoms with Gasteiger partial charge in [-0.15, -0.1) is 11.3 Å². The van der Waals surface area contributed by atoms with Crippen molar-refractivity contribution in [2.24, 2.45) is 11.8 Å². The highest BCUT2D eigenvalue weighted by Crippen LogP contribution is 2.30. The lowest BCUT2D eigenvalue weighted by molar-refractivity contribution is -0.117. The Hall–Kier alpha value is -2.65. The van der Waals surface area contributed by atoms with E-state index < -0.39 is 5.97 Å². The van der Waals surface area contributed by atoms with Crippen molar-refractivity contribution in [3.05, 3.63) is 52.2 Å². The highest BCUT2D eigenvalue weighted by molar-refractivity contribution is 7.09. The summed E-state index contributed by atoms with van der Waals surface area (Å²) in [5.41, 5.74) is 0.947. The number of anilines is 1. The van der Waals surface area contributed by atoms with Crippen LogP contribution in [0.25, 0.3) is 0 Å². The number of carbonyl (C=O) groups is 2. The quantitative estimate of drug-likeness (QED) is 0.770. The van der Waals surface area contributed by atoms with Crippen LogP contribution in [0, 0.1) is 23.2 Å². The Bertz CT molecular complexity index is 791. The van der Waals surface area contributed by atoms with E-state index in [1.165, 1.54) is 0 Å². The number of esters is 1. The summed E-state index contributed by atoms with van der Waals surface area (Å²) in [5, 5.41) is 14.0. The molecule has 1 aromatic heterocycles. The molecule has 6 heteroatoms. The molecule has 25 heavy (non-hydrogen) atoms. The molecule has 128 valence electrons. The van der Waals surface area contributed by atoms with Crippen molar-refractivity contribution in [2.45, 2.75) is 19.3 Å². The third kappa shape index (κ3) is 4.91. The molecule has 1 aliphatic rings. The van der Waals surface area contributed by atoms with Crippen molar-refractivity contribution >= 4 is 28.9 Å². The molecule has 1 saturated carbocycles. The minimum absolute atomic E-state index is 0.00832. The molecule has 0 bridgehead atoms. The Morgan fingerprint density at radius 1 is 1.32 bits per heavy atom. The predicted octanol–water partition coefficient (Wildman–Crippen LogP) is 3.64. The molecule has 0 radical (unpaired) electrons. The first-order valence-corrected chi connectivity index (χ1v) is 9.03. The van der Waals surface area contributed by atoms with Gasteiger partial charge in [-0.05, 0) is 42.5 Å². The van der Waals surface area contributed by atoms with Crippen LogP contribution in [-0.2, 0) is 16.0 Å². The van der Waals surface area contributed by atoms with Crippen LogP contribution in [0.2, 0.25) is 0 Å². The number of hydrogen-bond acceptors (Lipinski definition) is 5. The number of rotatable bonds is 7. The molecule has 0 spiro atoms. The van der Waals surface area contributed by atoms with Gasteiger partial charge in [0.2, 0.25) is 5.91 Å². The molecule has 5 nitrogen and oxygen atoms in total. The Balaban J connectivity index is 1.55. The van der Waals surface area contributed by atoms with Crippen LogP contribution in [0.4, 0.5) is 5.69 Å². The van der Waals surface area contributed by atoms with Gasteiger partial charge in [-0.2, -0.15) is 5.26 Å². The van der Waals surface area contributed by atoms with E-state index in [0.717, 1.165) is 17.7 Å². The standard InChI is InChI=1S/C19H18N2O3S/c20-11-13(9-17-5-2-8-25-17)12-24-19(23)15-3-1-4-16(10-15)21-18(22)14-6-7-14/h1-5,8,10,13-14H,6-7,9,12H2,(H,21,22). The maximum absolute atomic E-state index is 12.2. The third-order valence-corrected chi connectivity index (χ3v) is 4.84. The van der Waals surface area contributed by atoms with Crippen molar-refractivity contribution in [3.63, 3.8) is 0 Å². The second-order valence-electron chi connectivity index (χ2n) is 6.05. The first-order valence-electron chi connectivity index (χ1n) is 8.16. The van der Waals surface area contributed by atoms with Crippen molar-refractivity contribution in [1.29, 1.82) is 5.26 Å². The summed E-state index contributed by atoms with van der Waals surface area (Å²) in [5.74, 6) is -0.774. The molecule has 3 rings (SSSR count). The van der Waals surface area contributed by atoms with E-state index in [-0.39, 0.29) is 24.3 Å². The number of nitrogens with one attached hydrogen (secondary N) is 1. The fourth-order valence-electron chi connectivity index (χ4n) is 2.39. The fourth-order valence-corrected chi connectivity index (χ4v) is 3.17. The van der Waals surface area contributed by atoms with E-state index in [4.69, 9.17) is 4.74 Å². The second kappa shape index (κ2) is 7.95. The highest BCUT2D eigenvalue weighted by atomic mass is 32.1. The van der Waals surface area contributed by atoms with Crippen LogP contribution < -0.4 is 5.32 Å². The Labute approximate surface area is 150 Å². The average Bonchev–Trinajstić information content (AvgIpc) is 3.36. The molecule has 0 saturated heterocycles. The lowest BCUT2D eigenvalue weighted by atomic mass is 10.1. The summed E-state index contributed by atoms with van der Waals surface area (Å²) >= 11 is 1.58. The van der Waals surface area contributed by atoms with E-state index in [9.17, 15) is 14.9 Å². The summed E-state index contributed by atoms with van der Waals surface area (Å²) in [6, 6.07) is 12.7. The minimum atomic E-state index is -0.492. The van der Waals surface area contributed by atoms with E-state index in [1.54, 1.807) is 35.6 Å². The summed E-state index contributed by atoms with van der Waals surface area (Å²) in [6.07, 6.45) is 2.42. The monoisotopic (exact) mass is 354 g/mol. The SMILES string of the molecule is N#CC(COC(=O)c1cccc(NC(=O)C2CC2)c1)Cc1cccs1. The number of thiophene rings is 1. The first kappa shape index (κ1) is 17.2. The number of benzene rings is 1. The molecule has 1 unspecified atom stereocenters. The number of ether oxygens (including phenoxy) is 1. The van der Waals surface area contributed by atoms with Crippen LogP contribution in [0.1, 0.15) is 28.1 Å². The lowest BCUT2D eigenvalue weighted by Crippen LogP contribution is -2.16. The molecule has 1 aromatic carbocycles. The third-order valence-electron chi connectivity index (χ3n) is 3.94. The smallest absolute Gasteiger partial charge is 0.338 e.